The van der Waals surface area contributed by atoms with E-state index < -0.39 is 0 Å². The molecule has 2 heterocycles. The van der Waals surface area contributed by atoms with Crippen LogP contribution in [0.25, 0.3) is 0 Å². The molecule has 0 saturated carbocycles. The summed E-state index contributed by atoms with van der Waals surface area (Å²) in [5.74, 6) is 1.65. The second-order valence-electron chi connectivity index (χ2n) is 7.40. The van der Waals surface area contributed by atoms with E-state index in [0.29, 0.717) is 50.1 Å². The number of carbonyl (C=O) groups excluding carboxylic acids is 2. The molecule has 2 aliphatic heterocycles. The fourth-order valence-electron chi connectivity index (χ4n) is 3.97. The number of anilines is 1. The van der Waals surface area contributed by atoms with Crippen molar-refractivity contribution in [2.75, 3.05) is 38.3 Å². The zero-order valence-corrected chi connectivity index (χ0v) is 17.3. The second-order valence-corrected chi connectivity index (χ2v) is 7.40. The first kappa shape index (κ1) is 20.1. The van der Waals surface area contributed by atoms with Crippen molar-refractivity contribution in [1.29, 1.82) is 0 Å². The van der Waals surface area contributed by atoms with E-state index in [1.54, 1.807) is 16.9 Å². The number of benzene rings is 2. The molecule has 2 aliphatic rings. The Bertz CT molecular complexity index is 945. The smallest absolute Gasteiger partial charge is 0.228 e. The lowest BCUT2D eigenvalue weighted by Gasteiger charge is -2.27. The molecular weight excluding hydrogens is 384 g/mol. The number of hydrogen-bond donors (Lipinski definition) is 0. The normalized spacial score (nSPS) is 17.7. The summed E-state index contributed by atoms with van der Waals surface area (Å²) in [7, 11) is 1.59. The lowest BCUT2D eigenvalue weighted by Crippen LogP contribution is -2.37. The van der Waals surface area contributed by atoms with E-state index in [0.717, 1.165) is 11.3 Å². The number of nitrogens with zero attached hydrogens (tertiary/aromatic N) is 2. The highest BCUT2D eigenvalue weighted by atomic mass is 16.6. The zero-order chi connectivity index (χ0) is 21.1. The molecular formula is C23H26N2O5. The van der Waals surface area contributed by atoms with Crippen molar-refractivity contribution in [3.8, 4) is 17.2 Å². The molecule has 2 amide bonds. The van der Waals surface area contributed by atoms with Gasteiger partial charge in [-0.2, -0.15) is 0 Å². The lowest BCUT2D eigenvalue weighted by atomic mass is 10.1. The maximum atomic E-state index is 13.2. The molecule has 4 rings (SSSR count). The van der Waals surface area contributed by atoms with Crippen LogP contribution in [-0.2, 0) is 16.1 Å². The highest BCUT2D eigenvalue weighted by Crippen LogP contribution is 2.35. The number of fused-ring (bicyclic) bond motifs is 1. The van der Waals surface area contributed by atoms with Gasteiger partial charge in [-0.1, -0.05) is 18.2 Å². The molecule has 0 spiro atoms. The van der Waals surface area contributed by atoms with E-state index in [-0.39, 0.29) is 24.2 Å². The summed E-state index contributed by atoms with van der Waals surface area (Å²) in [6.07, 6.45) is 0.207. The quantitative estimate of drug-likeness (QED) is 0.733. The highest BCUT2D eigenvalue weighted by molar-refractivity contribution is 6.00. The van der Waals surface area contributed by atoms with Crippen molar-refractivity contribution < 1.29 is 23.8 Å². The van der Waals surface area contributed by atoms with Crippen LogP contribution in [0, 0.1) is 5.92 Å². The van der Waals surface area contributed by atoms with Gasteiger partial charge in [-0.05, 0) is 25.1 Å². The van der Waals surface area contributed by atoms with E-state index in [1.807, 2.05) is 49.4 Å². The summed E-state index contributed by atoms with van der Waals surface area (Å²) in [5.41, 5.74) is 1.66. The number of para-hydroxylation sites is 1. The maximum absolute atomic E-state index is 13.2. The first-order chi connectivity index (χ1) is 14.6. The Balaban J connectivity index is 1.49. The van der Waals surface area contributed by atoms with Crippen LogP contribution in [-0.4, -0.2) is 50.1 Å². The first-order valence-corrected chi connectivity index (χ1v) is 10.2. The van der Waals surface area contributed by atoms with Gasteiger partial charge in [0.25, 0.3) is 0 Å². The second kappa shape index (κ2) is 8.65. The summed E-state index contributed by atoms with van der Waals surface area (Å²) >= 11 is 0. The Hall–Kier alpha value is -3.22. The average Bonchev–Trinajstić information content (AvgIpc) is 3.18. The monoisotopic (exact) mass is 410 g/mol. The SMILES string of the molecule is CCN(Cc1cccc2c1OCCO2)C(=O)C1CC(=O)N(c2cccc(OC)c2)C1. The number of ether oxygens (including phenoxy) is 3. The molecule has 1 saturated heterocycles. The summed E-state index contributed by atoms with van der Waals surface area (Å²) < 4.78 is 16.7. The standard InChI is InChI=1S/C23H26N2O5/c1-3-24(14-16-6-4-9-20-22(16)30-11-10-29-20)23(27)17-12-21(26)25(15-17)18-7-5-8-19(13-18)28-2/h4-9,13,17H,3,10-12,14-15H2,1-2H3. The van der Waals surface area contributed by atoms with Crippen LogP contribution in [0.1, 0.15) is 18.9 Å². The zero-order valence-electron chi connectivity index (χ0n) is 17.3. The van der Waals surface area contributed by atoms with E-state index in [9.17, 15) is 9.59 Å². The average molecular weight is 410 g/mol. The Labute approximate surface area is 176 Å². The molecule has 1 unspecified atom stereocenters. The van der Waals surface area contributed by atoms with Crippen LogP contribution < -0.4 is 19.1 Å². The van der Waals surface area contributed by atoms with Crippen molar-refractivity contribution in [2.24, 2.45) is 5.92 Å². The Morgan fingerprint density at radius 2 is 2.00 bits per heavy atom. The van der Waals surface area contributed by atoms with Crippen molar-refractivity contribution >= 4 is 17.5 Å². The molecule has 7 nitrogen and oxygen atoms in total. The topological polar surface area (TPSA) is 68.3 Å². The molecule has 1 atom stereocenters. The Kier molecular flexibility index (Phi) is 5.79. The lowest BCUT2D eigenvalue weighted by molar-refractivity contribution is -0.136. The van der Waals surface area contributed by atoms with E-state index in [2.05, 4.69) is 0 Å². The highest BCUT2D eigenvalue weighted by Gasteiger charge is 2.37. The van der Waals surface area contributed by atoms with Crippen molar-refractivity contribution in [3.05, 3.63) is 48.0 Å². The van der Waals surface area contributed by atoms with Crippen molar-refractivity contribution in [3.63, 3.8) is 0 Å². The van der Waals surface area contributed by atoms with Crippen LogP contribution in [0.15, 0.2) is 42.5 Å². The van der Waals surface area contributed by atoms with Crippen LogP contribution in [0.4, 0.5) is 5.69 Å². The first-order valence-electron chi connectivity index (χ1n) is 10.2. The number of hydrogen-bond acceptors (Lipinski definition) is 5. The van der Waals surface area contributed by atoms with Crippen LogP contribution in [0.2, 0.25) is 0 Å². The van der Waals surface area contributed by atoms with Gasteiger partial charge in [-0.3, -0.25) is 9.59 Å². The molecule has 0 radical (unpaired) electrons. The van der Waals surface area contributed by atoms with Gasteiger partial charge >= 0.3 is 0 Å². The third-order valence-electron chi connectivity index (χ3n) is 5.54. The fraction of sp³-hybridized carbons (Fsp3) is 0.391. The number of rotatable bonds is 6. The van der Waals surface area contributed by atoms with Gasteiger partial charge in [-0.15, -0.1) is 0 Å². The van der Waals surface area contributed by atoms with Gasteiger partial charge in [-0.25, -0.2) is 0 Å². The van der Waals surface area contributed by atoms with E-state index in [4.69, 9.17) is 14.2 Å². The summed E-state index contributed by atoms with van der Waals surface area (Å²) in [5, 5.41) is 0. The van der Waals surface area contributed by atoms with Crippen molar-refractivity contribution in [1.82, 2.24) is 4.90 Å². The summed E-state index contributed by atoms with van der Waals surface area (Å²) in [4.78, 5) is 29.3. The number of methoxy groups -OCH3 is 1. The maximum Gasteiger partial charge on any atom is 0.228 e. The molecule has 0 N–H and O–H groups in total. The third-order valence-corrected chi connectivity index (χ3v) is 5.54. The van der Waals surface area contributed by atoms with Gasteiger partial charge in [0.1, 0.15) is 19.0 Å². The fourth-order valence-corrected chi connectivity index (χ4v) is 3.97. The number of carbonyl (C=O) groups is 2. The minimum Gasteiger partial charge on any atom is -0.497 e. The van der Waals surface area contributed by atoms with Gasteiger partial charge in [0.05, 0.1) is 13.0 Å². The molecule has 30 heavy (non-hydrogen) atoms. The summed E-state index contributed by atoms with van der Waals surface area (Å²) in [6, 6.07) is 13.1. The molecule has 0 bridgehead atoms. The van der Waals surface area contributed by atoms with Gasteiger partial charge in [0.15, 0.2) is 11.5 Å². The number of amides is 2. The van der Waals surface area contributed by atoms with E-state index in [1.165, 1.54) is 0 Å². The van der Waals surface area contributed by atoms with Crippen LogP contribution in [0.5, 0.6) is 17.2 Å². The predicted octanol–water partition coefficient (Wildman–Crippen LogP) is 2.87. The van der Waals surface area contributed by atoms with Gasteiger partial charge in [0, 0.05) is 43.4 Å². The van der Waals surface area contributed by atoms with Gasteiger partial charge < -0.3 is 24.0 Å². The van der Waals surface area contributed by atoms with Crippen LogP contribution in [0.3, 0.4) is 0 Å². The van der Waals surface area contributed by atoms with Crippen LogP contribution >= 0.6 is 0 Å². The van der Waals surface area contributed by atoms with E-state index >= 15 is 0 Å². The van der Waals surface area contributed by atoms with Gasteiger partial charge in [0.2, 0.25) is 11.8 Å². The minimum atomic E-state index is -0.375. The molecule has 2 aromatic carbocycles. The molecule has 0 aliphatic carbocycles. The minimum absolute atomic E-state index is 0.0226. The molecule has 0 aromatic heterocycles. The molecule has 158 valence electrons. The predicted molar refractivity (Wildman–Crippen MR) is 112 cm³/mol. The largest absolute Gasteiger partial charge is 0.497 e. The molecule has 7 heteroatoms. The third kappa shape index (κ3) is 3.92. The summed E-state index contributed by atoms with van der Waals surface area (Å²) in [6.45, 7) is 4.31. The Morgan fingerprint density at radius 3 is 2.80 bits per heavy atom. The van der Waals surface area contributed by atoms with Crippen molar-refractivity contribution in [2.45, 2.75) is 19.9 Å². The molecule has 1 fully saturated rings. The Morgan fingerprint density at radius 1 is 1.20 bits per heavy atom. The molecule has 2 aromatic rings.